The van der Waals surface area contributed by atoms with Crippen LogP contribution in [0.3, 0.4) is 0 Å². The van der Waals surface area contributed by atoms with Gasteiger partial charge in [0, 0.05) is 7.05 Å². The second-order valence-corrected chi connectivity index (χ2v) is 1.75. The standard InChI is InChI=1S/C6H4F3N2/c1-10-6-5(9)3(7)2-4(8)11-6/h1H3,(H,10,11). The molecule has 0 atom stereocenters. The summed E-state index contributed by atoms with van der Waals surface area (Å²) in [6.45, 7) is 0. The van der Waals surface area contributed by atoms with Crippen molar-refractivity contribution in [2.75, 3.05) is 12.4 Å². The van der Waals surface area contributed by atoms with Gasteiger partial charge in [0.05, 0.1) is 6.07 Å². The number of hydrogen-bond donors (Lipinski definition) is 1. The van der Waals surface area contributed by atoms with E-state index in [2.05, 4.69) is 10.3 Å². The second kappa shape index (κ2) is 2.77. The Labute approximate surface area is 61.1 Å². The molecule has 1 aromatic heterocycles. The molecule has 1 rings (SSSR count). The Morgan fingerprint density at radius 3 is 2.55 bits per heavy atom. The molecule has 0 aliphatic heterocycles. The van der Waals surface area contributed by atoms with E-state index in [9.17, 15) is 13.2 Å². The molecule has 11 heavy (non-hydrogen) atoms. The summed E-state index contributed by atoms with van der Waals surface area (Å²) in [6, 6.07) is 1.45. The molecule has 0 bridgehead atoms. The van der Waals surface area contributed by atoms with E-state index in [1.165, 1.54) is 13.1 Å². The molecule has 59 valence electrons. The van der Waals surface area contributed by atoms with Crippen molar-refractivity contribution in [3.63, 3.8) is 0 Å². The lowest BCUT2D eigenvalue weighted by Gasteiger charge is -1.99. The lowest BCUT2D eigenvalue weighted by Crippen LogP contribution is -2.01. The van der Waals surface area contributed by atoms with Crippen LogP contribution < -0.4 is 5.32 Å². The molecule has 0 aromatic carbocycles. The second-order valence-electron chi connectivity index (χ2n) is 1.75. The molecule has 5 heteroatoms. The molecule has 0 amide bonds. The van der Waals surface area contributed by atoms with Crippen LogP contribution in [0.15, 0.2) is 0 Å². The first-order chi connectivity index (χ1) is 5.15. The van der Waals surface area contributed by atoms with Crippen LogP contribution in [0, 0.1) is 23.6 Å². The van der Waals surface area contributed by atoms with Crippen LogP contribution in [0.1, 0.15) is 0 Å². The Bertz CT molecular complexity index is 275. The van der Waals surface area contributed by atoms with Crippen molar-refractivity contribution in [2.24, 2.45) is 0 Å². The highest BCUT2D eigenvalue weighted by Crippen LogP contribution is 2.13. The first-order valence-corrected chi connectivity index (χ1v) is 2.76. The lowest BCUT2D eigenvalue weighted by molar-refractivity contribution is 0.480. The summed E-state index contributed by atoms with van der Waals surface area (Å²) in [5.41, 5.74) is 0. The minimum Gasteiger partial charge on any atom is -0.371 e. The summed E-state index contributed by atoms with van der Waals surface area (Å²) in [7, 11) is 1.31. The van der Waals surface area contributed by atoms with Gasteiger partial charge in [-0.25, -0.2) is 4.39 Å². The number of pyridine rings is 1. The minimum absolute atomic E-state index is 0.459. The molecular weight excluding hydrogens is 157 g/mol. The summed E-state index contributed by atoms with van der Waals surface area (Å²) in [4.78, 5) is 3.00. The number of nitrogens with one attached hydrogen (secondary N) is 1. The molecule has 1 N–H and O–H groups in total. The van der Waals surface area contributed by atoms with Crippen molar-refractivity contribution in [3.8, 4) is 0 Å². The third-order valence-electron chi connectivity index (χ3n) is 1.06. The Morgan fingerprint density at radius 2 is 2.00 bits per heavy atom. The van der Waals surface area contributed by atoms with Crippen molar-refractivity contribution >= 4 is 5.82 Å². The van der Waals surface area contributed by atoms with Gasteiger partial charge < -0.3 is 5.32 Å². The van der Waals surface area contributed by atoms with Gasteiger partial charge in [0.1, 0.15) is 0 Å². The number of rotatable bonds is 1. The van der Waals surface area contributed by atoms with Crippen molar-refractivity contribution in [1.82, 2.24) is 4.98 Å². The van der Waals surface area contributed by atoms with E-state index in [-0.39, 0.29) is 0 Å². The van der Waals surface area contributed by atoms with E-state index < -0.39 is 23.4 Å². The quantitative estimate of drug-likeness (QED) is 0.628. The van der Waals surface area contributed by atoms with Gasteiger partial charge in [-0.05, 0) is 0 Å². The number of halogens is 3. The van der Waals surface area contributed by atoms with Gasteiger partial charge in [-0.3, -0.25) is 0 Å². The third-order valence-corrected chi connectivity index (χ3v) is 1.06. The fourth-order valence-corrected chi connectivity index (χ4v) is 0.590. The average molecular weight is 161 g/mol. The SMILES string of the molecule is CNc1nc(F)[c]c(F)c1F. The van der Waals surface area contributed by atoms with E-state index in [1.807, 2.05) is 0 Å². The van der Waals surface area contributed by atoms with Crippen molar-refractivity contribution in [3.05, 3.63) is 23.6 Å². The first kappa shape index (κ1) is 7.84. The predicted molar refractivity (Wildman–Crippen MR) is 32.5 cm³/mol. The average Bonchev–Trinajstić information content (AvgIpc) is 1.96. The van der Waals surface area contributed by atoms with Gasteiger partial charge in [-0.2, -0.15) is 13.8 Å². The molecule has 0 fully saturated rings. The zero-order valence-electron chi connectivity index (χ0n) is 5.58. The molecule has 1 radical (unpaired) electrons. The number of hydrogen-bond acceptors (Lipinski definition) is 2. The monoisotopic (exact) mass is 161 g/mol. The fourth-order valence-electron chi connectivity index (χ4n) is 0.590. The fraction of sp³-hybridized carbons (Fsp3) is 0.167. The number of aromatic nitrogens is 1. The number of nitrogens with zero attached hydrogens (tertiary/aromatic N) is 1. The molecule has 2 nitrogen and oxygen atoms in total. The number of anilines is 1. The third kappa shape index (κ3) is 1.42. The van der Waals surface area contributed by atoms with Crippen molar-refractivity contribution in [2.45, 2.75) is 0 Å². The Kier molecular flexibility index (Phi) is 1.98. The van der Waals surface area contributed by atoms with Crippen LogP contribution in [0.4, 0.5) is 19.0 Å². The Hall–Kier alpha value is -1.26. The van der Waals surface area contributed by atoms with Crippen molar-refractivity contribution < 1.29 is 13.2 Å². The molecule has 0 aliphatic carbocycles. The molecule has 1 heterocycles. The van der Waals surface area contributed by atoms with Crippen LogP contribution in [0.5, 0.6) is 0 Å². The molecule has 0 aliphatic rings. The largest absolute Gasteiger partial charge is 0.371 e. The molecule has 0 spiro atoms. The maximum atomic E-state index is 12.5. The summed E-state index contributed by atoms with van der Waals surface area (Å²) >= 11 is 0. The van der Waals surface area contributed by atoms with E-state index in [1.54, 1.807) is 0 Å². The summed E-state index contributed by atoms with van der Waals surface area (Å²) in [5.74, 6) is -4.23. The van der Waals surface area contributed by atoms with E-state index in [0.717, 1.165) is 0 Å². The van der Waals surface area contributed by atoms with Crippen LogP contribution >= 0.6 is 0 Å². The van der Waals surface area contributed by atoms with Crippen LogP contribution in [-0.2, 0) is 0 Å². The maximum Gasteiger partial charge on any atom is 0.226 e. The summed E-state index contributed by atoms with van der Waals surface area (Å²) in [5, 5.41) is 2.19. The zero-order valence-corrected chi connectivity index (χ0v) is 5.58. The van der Waals surface area contributed by atoms with Crippen LogP contribution in [0.2, 0.25) is 0 Å². The van der Waals surface area contributed by atoms with Gasteiger partial charge >= 0.3 is 0 Å². The lowest BCUT2D eigenvalue weighted by atomic mass is 10.4. The van der Waals surface area contributed by atoms with Gasteiger partial charge in [-0.15, -0.1) is 0 Å². The van der Waals surface area contributed by atoms with Crippen LogP contribution in [-0.4, -0.2) is 12.0 Å². The van der Waals surface area contributed by atoms with Gasteiger partial charge in [0.2, 0.25) is 11.8 Å². The molecule has 0 saturated heterocycles. The summed E-state index contributed by atoms with van der Waals surface area (Å²) < 4.78 is 36.9. The molecule has 0 saturated carbocycles. The highest BCUT2D eigenvalue weighted by molar-refractivity contribution is 5.35. The first-order valence-electron chi connectivity index (χ1n) is 2.76. The van der Waals surface area contributed by atoms with E-state index >= 15 is 0 Å². The van der Waals surface area contributed by atoms with Crippen LogP contribution in [0.25, 0.3) is 0 Å². The normalized spacial score (nSPS) is 9.82. The highest BCUT2D eigenvalue weighted by Gasteiger charge is 2.10. The topological polar surface area (TPSA) is 24.9 Å². The predicted octanol–water partition coefficient (Wildman–Crippen LogP) is 1.34. The van der Waals surface area contributed by atoms with E-state index in [0.29, 0.717) is 0 Å². The van der Waals surface area contributed by atoms with Gasteiger partial charge in [0.25, 0.3) is 0 Å². The minimum atomic E-state index is -1.37. The van der Waals surface area contributed by atoms with Crippen molar-refractivity contribution in [1.29, 1.82) is 0 Å². The van der Waals surface area contributed by atoms with Gasteiger partial charge in [-0.1, -0.05) is 0 Å². The maximum absolute atomic E-state index is 12.5. The molecular formula is C6H4F3N2. The zero-order chi connectivity index (χ0) is 8.43. The highest BCUT2D eigenvalue weighted by atomic mass is 19.2. The Balaban J connectivity index is 3.24. The summed E-state index contributed by atoms with van der Waals surface area (Å²) in [6.07, 6.45) is 0. The molecule has 0 unspecified atom stereocenters. The molecule has 1 aromatic rings. The Morgan fingerprint density at radius 1 is 1.36 bits per heavy atom. The van der Waals surface area contributed by atoms with Gasteiger partial charge in [0.15, 0.2) is 11.6 Å². The van der Waals surface area contributed by atoms with E-state index in [4.69, 9.17) is 0 Å². The smallest absolute Gasteiger partial charge is 0.226 e.